The zero-order valence-electron chi connectivity index (χ0n) is 15.4. The molecular weight excluding hydrogens is 372 g/mol. The molecule has 1 fully saturated rings. The van der Waals surface area contributed by atoms with Crippen LogP contribution in [0.2, 0.25) is 0 Å². The first-order valence-electron chi connectivity index (χ1n) is 9.03. The van der Waals surface area contributed by atoms with Crippen molar-refractivity contribution in [1.29, 1.82) is 10.9 Å². The summed E-state index contributed by atoms with van der Waals surface area (Å²) >= 11 is 0. The highest BCUT2D eigenvalue weighted by Crippen LogP contribution is 2.19. The smallest absolute Gasteiger partial charge is 0.270 e. The summed E-state index contributed by atoms with van der Waals surface area (Å²) in [6, 6.07) is 9.68. The Morgan fingerprint density at radius 2 is 1.90 bits per heavy atom. The van der Waals surface area contributed by atoms with E-state index in [4.69, 9.17) is 10.9 Å². The fourth-order valence-corrected chi connectivity index (χ4v) is 2.95. The Morgan fingerprint density at radius 1 is 1.14 bits per heavy atom. The summed E-state index contributed by atoms with van der Waals surface area (Å²) in [7, 11) is 0. The summed E-state index contributed by atoms with van der Waals surface area (Å²) in [4.78, 5) is 34.8. The number of fused-ring (bicyclic) bond motifs is 1. The van der Waals surface area contributed by atoms with Gasteiger partial charge >= 0.3 is 0 Å². The van der Waals surface area contributed by atoms with Crippen LogP contribution >= 0.6 is 0 Å². The molecule has 0 spiro atoms. The van der Waals surface area contributed by atoms with Gasteiger partial charge in [-0.05, 0) is 12.5 Å². The van der Waals surface area contributed by atoms with E-state index in [1.165, 1.54) is 4.90 Å². The third kappa shape index (κ3) is 3.59. The van der Waals surface area contributed by atoms with Crippen LogP contribution in [-0.2, 0) is 9.59 Å². The van der Waals surface area contributed by atoms with Crippen LogP contribution < -0.4 is 5.32 Å². The first-order valence-corrected chi connectivity index (χ1v) is 9.03. The molecule has 146 valence electrons. The van der Waals surface area contributed by atoms with E-state index in [0.717, 1.165) is 17.7 Å². The minimum absolute atomic E-state index is 0.200. The normalized spacial score (nSPS) is 14.1. The second-order valence-electron chi connectivity index (χ2n) is 6.59. The average Bonchev–Trinajstić information content (AvgIpc) is 3.11. The number of likely N-dealkylation sites (tertiary alicyclic amines) is 1. The molecule has 3 aromatic rings. The molecule has 0 saturated carbocycles. The van der Waals surface area contributed by atoms with Gasteiger partial charge in [0.25, 0.3) is 11.8 Å². The minimum Gasteiger partial charge on any atom is -0.337 e. The Labute approximate surface area is 165 Å². The molecule has 1 saturated heterocycles. The monoisotopic (exact) mass is 390 g/mol. The predicted octanol–water partition coefficient (Wildman–Crippen LogP) is 1.99. The first kappa shape index (κ1) is 18.4. The lowest BCUT2D eigenvalue weighted by atomic mass is 10.1. The van der Waals surface area contributed by atoms with Crippen LogP contribution in [0.1, 0.15) is 6.42 Å². The van der Waals surface area contributed by atoms with E-state index < -0.39 is 23.6 Å². The zero-order chi connectivity index (χ0) is 20.4. The van der Waals surface area contributed by atoms with Gasteiger partial charge in [-0.3, -0.25) is 19.4 Å². The van der Waals surface area contributed by atoms with Crippen LogP contribution in [0.3, 0.4) is 0 Å². The quantitative estimate of drug-likeness (QED) is 0.437. The fourth-order valence-electron chi connectivity index (χ4n) is 2.95. The minimum atomic E-state index is -1.51. The van der Waals surface area contributed by atoms with Crippen LogP contribution in [0.15, 0.2) is 53.9 Å². The third-order valence-electron chi connectivity index (χ3n) is 4.67. The Bertz CT molecular complexity index is 1100. The molecule has 2 amide bonds. The van der Waals surface area contributed by atoms with Crippen molar-refractivity contribution < 1.29 is 9.59 Å². The Kier molecular flexibility index (Phi) is 4.82. The van der Waals surface area contributed by atoms with E-state index in [-0.39, 0.29) is 5.82 Å². The number of carbonyl (C=O) groups excluding carboxylic acids is 2. The summed E-state index contributed by atoms with van der Waals surface area (Å²) in [5, 5.41) is 13.6. The number of hydrogen-bond donors (Lipinski definition) is 3. The van der Waals surface area contributed by atoms with Gasteiger partial charge < -0.3 is 10.2 Å². The summed E-state index contributed by atoms with van der Waals surface area (Å²) in [6.07, 6.45) is 4.39. The number of nitrogens with zero attached hydrogens (tertiary/aromatic N) is 5. The molecule has 1 aliphatic heterocycles. The summed E-state index contributed by atoms with van der Waals surface area (Å²) in [6.45, 7) is 1.10. The molecule has 0 radical (unpaired) electrons. The summed E-state index contributed by atoms with van der Waals surface area (Å²) < 4.78 is 1.72. The van der Waals surface area contributed by atoms with Crippen molar-refractivity contribution in [2.24, 2.45) is 5.11 Å². The van der Waals surface area contributed by atoms with Crippen molar-refractivity contribution in [2.45, 2.75) is 12.5 Å². The van der Waals surface area contributed by atoms with Gasteiger partial charge in [0, 0.05) is 31.0 Å². The fraction of sp³-hybridized carbons (Fsp3) is 0.211. The highest BCUT2D eigenvalue weighted by atomic mass is 16.2. The van der Waals surface area contributed by atoms with Gasteiger partial charge in [0.2, 0.25) is 5.78 Å². The van der Waals surface area contributed by atoms with Crippen LogP contribution in [0.4, 0.5) is 5.82 Å². The molecule has 1 unspecified atom stereocenters. The largest absolute Gasteiger partial charge is 0.337 e. The first-order chi connectivity index (χ1) is 14.1. The van der Waals surface area contributed by atoms with Crippen molar-refractivity contribution in [2.75, 3.05) is 18.4 Å². The number of aromatic nitrogens is 3. The second-order valence-corrected chi connectivity index (χ2v) is 6.59. The van der Waals surface area contributed by atoms with E-state index in [1.54, 1.807) is 16.7 Å². The third-order valence-corrected chi connectivity index (χ3v) is 4.67. The van der Waals surface area contributed by atoms with E-state index in [1.807, 2.05) is 36.5 Å². The van der Waals surface area contributed by atoms with Crippen molar-refractivity contribution in [3.63, 3.8) is 0 Å². The number of anilines is 1. The number of rotatable bonds is 6. The highest BCUT2D eigenvalue weighted by Gasteiger charge is 2.33. The van der Waals surface area contributed by atoms with Crippen LogP contribution in [0.25, 0.3) is 17.0 Å². The zero-order valence-corrected chi connectivity index (χ0v) is 15.4. The SMILES string of the molecule is N=NC(C(=N)C(=O)N1CCC1)C(=O)Nc1ccn2cc(-c3ccccc3)nc2n1. The molecule has 3 heterocycles. The molecule has 29 heavy (non-hydrogen) atoms. The summed E-state index contributed by atoms with van der Waals surface area (Å²) in [5.41, 5.74) is 8.40. The predicted molar refractivity (Wildman–Crippen MR) is 105 cm³/mol. The van der Waals surface area contributed by atoms with Crippen molar-refractivity contribution in [3.05, 3.63) is 48.8 Å². The van der Waals surface area contributed by atoms with Gasteiger partial charge in [0.1, 0.15) is 11.5 Å². The average molecular weight is 390 g/mol. The van der Waals surface area contributed by atoms with Gasteiger partial charge in [-0.25, -0.2) is 10.5 Å². The summed E-state index contributed by atoms with van der Waals surface area (Å²) in [5.74, 6) is -0.750. The Morgan fingerprint density at radius 3 is 2.55 bits per heavy atom. The van der Waals surface area contributed by atoms with Gasteiger partial charge in [0.05, 0.1) is 5.69 Å². The molecule has 2 aromatic heterocycles. The van der Waals surface area contributed by atoms with Crippen LogP contribution in [0, 0.1) is 10.9 Å². The molecule has 4 rings (SSSR count). The highest BCUT2D eigenvalue weighted by molar-refractivity contribution is 6.44. The van der Waals surface area contributed by atoms with E-state index in [9.17, 15) is 9.59 Å². The Hall–Kier alpha value is -3.95. The molecule has 10 nitrogen and oxygen atoms in total. The lowest BCUT2D eigenvalue weighted by Crippen LogP contribution is -2.50. The number of hydrogen-bond acceptors (Lipinski definition) is 7. The number of benzene rings is 1. The van der Waals surface area contributed by atoms with Crippen LogP contribution in [0.5, 0.6) is 0 Å². The van der Waals surface area contributed by atoms with Gasteiger partial charge in [-0.15, -0.1) is 0 Å². The van der Waals surface area contributed by atoms with E-state index in [2.05, 4.69) is 20.4 Å². The Balaban J connectivity index is 1.51. The maximum Gasteiger partial charge on any atom is 0.270 e. The molecule has 3 N–H and O–H groups in total. The molecular formula is C19H18N8O2. The van der Waals surface area contributed by atoms with Crippen molar-refractivity contribution >= 4 is 29.1 Å². The maximum absolute atomic E-state index is 12.5. The standard InChI is InChI=1S/C19H18N8O2/c20-15(18(29)26-8-4-9-26)16(25-21)17(28)23-14-7-10-27-11-13(22-19(27)24-14)12-5-2-1-3-6-12/h1-3,5-7,10-11,16,20-21H,4,8-9H2,(H,22,23,24,28). The van der Waals surface area contributed by atoms with Gasteiger partial charge in [-0.1, -0.05) is 30.3 Å². The van der Waals surface area contributed by atoms with Crippen LogP contribution in [-0.4, -0.2) is 55.9 Å². The lowest BCUT2D eigenvalue weighted by Gasteiger charge is -2.31. The number of nitrogens with one attached hydrogen (secondary N) is 3. The number of amides is 2. The lowest BCUT2D eigenvalue weighted by molar-refractivity contribution is -0.128. The molecule has 1 aliphatic rings. The molecule has 10 heteroatoms. The number of carbonyl (C=O) groups is 2. The topological polar surface area (TPSA) is 140 Å². The van der Waals surface area contributed by atoms with Crippen molar-refractivity contribution in [1.82, 2.24) is 19.3 Å². The molecule has 1 aromatic carbocycles. The van der Waals surface area contributed by atoms with E-state index in [0.29, 0.717) is 18.9 Å². The molecule has 0 bridgehead atoms. The number of imidazole rings is 1. The van der Waals surface area contributed by atoms with Gasteiger partial charge in [0.15, 0.2) is 6.04 Å². The van der Waals surface area contributed by atoms with Gasteiger partial charge in [-0.2, -0.15) is 10.1 Å². The van der Waals surface area contributed by atoms with Crippen molar-refractivity contribution in [3.8, 4) is 11.3 Å². The van der Waals surface area contributed by atoms with E-state index >= 15 is 0 Å². The second kappa shape index (κ2) is 7.58. The molecule has 0 aliphatic carbocycles. The molecule has 1 atom stereocenters. The maximum atomic E-state index is 12.5.